The normalized spacial score (nSPS) is 14.4. The zero-order valence-electron chi connectivity index (χ0n) is 32.4. The Bertz CT molecular complexity index is 1680. The van der Waals surface area contributed by atoms with Crippen molar-refractivity contribution in [2.24, 2.45) is 11.3 Å². The molecule has 0 N–H and O–H groups in total. The van der Waals surface area contributed by atoms with Crippen molar-refractivity contribution >= 4 is 3.21 Å². The molecular weight excluding hydrogens is 727 g/mol. The van der Waals surface area contributed by atoms with E-state index in [1.807, 2.05) is 0 Å². The summed E-state index contributed by atoms with van der Waals surface area (Å²) >= 11 is 1.46. The molecule has 0 radical (unpaired) electrons. The van der Waals surface area contributed by atoms with Crippen molar-refractivity contribution in [2.45, 2.75) is 107 Å². The van der Waals surface area contributed by atoms with Crippen LogP contribution in [-0.2, 0) is 41.5 Å². The molecule has 1 atom stereocenters. The van der Waals surface area contributed by atoms with E-state index in [1.54, 1.807) is 0 Å². The molecule has 3 heteroatoms. The molecule has 1 unspecified atom stereocenters. The minimum Gasteiger partial charge on any atom is -1.00 e. The summed E-state index contributed by atoms with van der Waals surface area (Å²) in [4.78, 5) is 0. The van der Waals surface area contributed by atoms with Crippen molar-refractivity contribution in [1.29, 1.82) is 0 Å². The van der Waals surface area contributed by atoms with E-state index in [0.29, 0.717) is 11.3 Å². The van der Waals surface area contributed by atoms with E-state index >= 15 is 0 Å². The first-order valence-electron chi connectivity index (χ1n) is 17.6. The Hall–Kier alpha value is -2.31. The average Bonchev–Trinajstić information content (AvgIpc) is 3.66. The van der Waals surface area contributed by atoms with Gasteiger partial charge in [-0.2, -0.15) is 35.4 Å². The molecule has 0 saturated carbocycles. The number of fused-ring (bicyclic) bond motifs is 3. The third-order valence-corrected chi connectivity index (χ3v) is 10.7. The van der Waals surface area contributed by atoms with Crippen LogP contribution in [0.2, 0.25) is 0 Å². The molecule has 50 heavy (non-hydrogen) atoms. The van der Waals surface area contributed by atoms with Crippen LogP contribution in [-0.4, -0.2) is 3.21 Å². The fraction of sp³-hybridized carbons (Fsp3) is 0.383. The van der Waals surface area contributed by atoms with E-state index in [2.05, 4.69) is 186 Å². The molecule has 4 aromatic rings. The summed E-state index contributed by atoms with van der Waals surface area (Å²) in [5, 5.41) is 0. The Morgan fingerprint density at radius 2 is 1.20 bits per heavy atom. The molecule has 264 valence electrons. The zero-order valence-corrected chi connectivity index (χ0v) is 36.4. The van der Waals surface area contributed by atoms with Gasteiger partial charge in [0.1, 0.15) is 0 Å². The minimum atomic E-state index is 0. The second-order valence-corrected chi connectivity index (χ2v) is 17.8. The molecule has 4 aromatic carbocycles. The van der Waals surface area contributed by atoms with E-state index in [-0.39, 0.29) is 35.6 Å². The summed E-state index contributed by atoms with van der Waals surface area (Å²) in [5.41, 5.74) is 15.8. The number of hydrogen-bond donors (Lipinski definition) is 0. The van der Waals surface area contributed by atoms with Gasteiger partial charge in [0.25, 0.3) is 0 Å². The SMILES string of the molecule is CC(C)(C)c1[c-]c2c(cc1)-c1ccc(C(C)(C)C)cc1C2.CCC1[C-]=CC(C(C)(C)C)=C1.Cc1ccc([C](=[Zr+2])c2ccc(C)cc2)cc1.[Cl-].[Cl-]. The van der Waals surface area contributed by atoms with Gasteiger partial charge in [-0.3, -0.25) is 6.08 Å². The second kappa shape index (κ2) is 18.0. The van der Waals surface area contributed by atoms with E-state index in [4.69, 9.17) is 0 Å². The van der Waals surface area contributed by atoms with Gasteiger partial charge in [0, 0.05) is 0 Å². The fourth-order valence-corrected chi connectivity index (χ4v) is 6.67. The first kappa shape index (κ1) is 43.9. The molecule has 0 amide bonds. The molecule has 0 nitrogen and oxygen atoms in total. The number of aryl methyl sites for hydroxylation is 2. The topological polar surface area (TPSA) is 0 Å². The number of hydrogen-bond acceptors (Lipinski definition) is 0. The molecule has 0 bridgehead atoms. The molecule has 0 spiro atoms. The van der Waals surface area contributed by atoms with Crippen LogP contribution in [0.25, 0.3) is 11.1 Å². The molecule has 0 heterocycles. The van der Waals surface area contributed by atoms with Crippen LogP contribution in [0.4, 0.5) is 0 Å². The number of benzene rings is 4. The molecule has 6 rings (SSSR count). The van der Waals surface area contributed by atoms with Gasteiger partial charge in [-0.1, -0.05) is 111 Å². The Morgan fingerprint density at radius 1 is 0.680 bits per heavy atom. The molecular formula is C47H56Cl2Zr-2. The summed E-state index contributed by atoms with van der Waals surface area (Å²) in [5.74, 6) is 0.573. The third-order valence-electron chi connectivity index (χ3n) is 9.28. The van der Waals surface area contributed by atoms with Crippen LogP contribution >= 0.6 is 0 Å². The van der Waals surface area contributed by atoms with Crippen molar-refractivity contribution < 1.29 is 49.0 Å². The molecule has 2 aliphatic rings. The van der Waals surface area contributed by atoms with Gasteiger partial charge >= 0.3 is 112 Å². The minimum absolute atomic E-state index is 0. The molecule has 0 aromatic heterocycles. The zero-order chi connectivity index (χ0) is 35.4. The molecule has 0 aliphatic heterocycles. The Morgan fingerprint density at radius 3 is 1.62 bits per heavy atom. The molecule has 0 saturated heterocycles. The van der Waals surface area contributed by atoms with E-state index in [1.165, 1.54) is 95.1 Å². The Labute approximate surface area is 332 Å². The van der Waals surface area contributed by atoms with Crippen LogP contribution in [0.5, 0.6) is 0 Å². The fourth-order valence-electron chi connectivity index (χ4n) is 5.85. The van der Waals surface area contributed by atoms with Crippen molar-refractivity contribution in [3.63, 3.8) is 0 Å². The van der Waals surface area contributed by atoms with Crippen LogP contribution in [0.3, 0.4) is 0 Å². The smallest absolute Gasteiger partial charge is 1.00 e. The standard InChI is InChI=1S/C21H25.C15H14.C11H17.2ClH.Zr/c1-20(2,3)16-7-9-18-14(12-16)11-15-13-17(21(4,5)6)8-10-19(15)18;1-12-3-7-14(8-4-12)11-15-9-5-13(2)6-10-15;1-5-9-6-7-10(8-9)11(2,3)4;;;/h7-10,12H,11H2,1-6H3;3-10H,1-2H3;7-9H,5H2,1-4H3;2*1H;/q-1;;-1;;;+2/p-2. The quantitative estimate of drug-likeness (QED) is 0.185. The average molecular weight is 783 g/mol. The Kier molecular flexibility index (Phi) is 15.7. The second-order valence-electron chi connectivity index (χ2n) is 16.6. The van der Waals surface area contributed by atoms with Crippen molar-refractivity contribution in [1.82, 2.24) is 0 Å². The van der Waals surface area contributed by atoms with Crippen LogP contribution in [0, 0.1) is 37.3 Å². The van der Waals surface area contributed by atoms with E-state index in [9.17, 15) is 0 Å². The monoisotopic (exact) mass is 780 g/mol. The predicted molar refractivity (Wildman–Crippen MR) is 206 cm³/mol. The summed E-state index contributed by atoms with van der Waals surface area (Å²) in [6.45, 7) is 26.8. The van der Waals surface area contributed by atoms with Gasteiger partial charge in [0.15, 0.2) is 0 Å². The summed E-state index contributed by atoms with van der Waals surface area (Å²) in [6.07, 6.45) is 10.0. The van der Waals surface area contributed by atoms with Gasteiger partial charge in [0.2, 0.25) is 0 Å². The predicted octanol–water partition coefficient (Wildman–Crippen LogP) is 6.44. The number of halogens is 2. The maximum atomic E-state index is 3.67. The summed E-state index contributed by atoms with van der Waals surface area (Å²) in [7, 11) is 0. The first-order chi connectivity index (χ1) is 22.4. The van der Waals surface area contributed by atoms with Crippen LogP contribution in [0.1, 0.15) is 120 Å². The van der Waals surface area contributed by atoms with Gasteiger partial charge in [-0.05, 0) is 28.4 Å². The van der Waals surface area contributed by atoms with Gasteiger partial charge in [0.05, 0.1) is 0 Å². The maximum absolute atomic E-state index is 3.67. The summed E-state index contributed by atoms with van der Waals surface area (Å²) < 4.78 is 1.42. The third kappa shape index (κ3) is 11.6. The molecule has 2 aliphatic carbocycles. The van der Waals surface area contributed by atoms with Gasteiger partial charge in [-0.25, -0.2) is 6.08 Å². The van der Waals surface area contributed by atoms with Crippen LogP contribution < -0.4 is 24.8 Å². The first-order valence-corrected chi connectivity index (χ1v) is 18.8. The van der Waals surface area contributed by atoms with Crippen LogP contribution in [0.15, 0.2) is 96.6 Å². The Balaban J connectivity index is 0.000000268. The largest absolute Gasteiger partial charge is 1.00 e. The number of allylic oxidation sites excluding steroid dienone is 4. The number of rotatable bonds is 3. The van der Waals surface area contributed by atoms with Crippen molar-refractivity contribution in [3.8, 4) is 11.1 Å². The van der Waals surface area contributed by atoms with E-state index < -0.39 is 0 Å². The maximum Gasteiger partial charge on any atom is -1.00 e. The van der Waals surface area contributed by atoms with Crippen molar-refractivity contribution in [2.75, 3.05) is 0 Å². The van der Waals surface area contributed by atoms with Crippen molar-refractivity contribution in [3.05, 3.63) is 153 Å². The van der Waals surface area contributed by atoms with E-state index in [0.717, 1.165) is 6.42 Å². The van der Waals surface area contributed by atoms with Gasteiger partial charge < -0.3 is 24.8 Å². The van der Waals surface area contributed by atoms with Gasteiger partial charge in [-0.15, -0.1) is 11.1 Å². The molecule has 0 fully saturated rings. The summed E-state index contributed by atoms with van der Waals surface area (Å²) in [6, 6.07) is 32.7.